The molecule has 0 fully saturated rings. The number of fused-ring (bicyclic) bond motifs is 2. The highest BCUT2D eigenvalue weighted by Crippen LogP contribution is 2.45. The van der Waals surface area contributed by atoms with Gasteiger partial charge in [-0.1, -0.05) is 97.1 Å². The van der Waals surface area contributed by atoms with Crippen LogP contribution in [0.2, 0.25) is 0 Å². The minimum atomic E-state index is 0.867. The molecule has 55 heavy (non-hydrogen) atoms. The van der Waals surface area contributed by atoms with Gasteiger partial charge < -0.3 is 4.90 Å². The molecule has 0 radical (unpaired) electrons. The summed E-state index contributed by atoms with van der Waals surface area (Å²) >= 11 is 0. The molecule has 0 aliphatic carbocycles. The molecule has 7 aromatic carbocycles. The number of aliphatic imine (C=N–C) groups is 1. The maximum absolute atomic E-state index is 5.41. The van der Waals surface area contributed by atoms with Gasteiger partial charge in [-0.3, -0.25) is 14.1 Å². The molecule has 0 amide bonds. The average molecular weight is 713 g/mol. The van der Waals surface area contributed by atoms with Crippen LogP contribution in [0.1, 0.15) is 22.3 Å². The van der Waals surface area contributed by atoms with E-state index in [1.54, 1.807) is 0 Å². The van der Waals surface area contributed by atoms with E-state index in [2.05, 4.69) is 200 Å². The van der Waals surface area contributed by atoms with Crippen molar-refractivity contribution < 1.29 is 0 Å². The number of benzene rings is 7. The van der Waals surface area contributed by atoms with Crippen molar-refractivity contribution >= 4 is 45.3 Å². The lowest BCUT2D eigenvalue weighted by atomic mass is 9.90. The van der Waals surface area contributed by atoms with Crippen molar-refractivity contribution in [3.05, 3.63) is 186 Å². The quantitative estimate of drug-likeness (QED) is 0.147. The highest BCUT2D eigenvalue weighted by Gasteiger charge is 2.27. The van der Waals surface area contributed by atoms with E-state index in [0.717, 1.165) is 95.5 Å². The van der Waals surface area contributed by atoms with Gasteiger partial charge in [0.1, 0.15) is 11.6 Å². The SMILES string of the molecule is Cc1c(/N=C/c2ccccc2N(C)c2ccccc2)c(C)c(-c2nc3ccccc3n2-c2ccccc2)c(C)c1-c1nc2ccccc2n1-c1ccccc1. The number of rotatable bonds is 8. The maximum Gasteiger partial charge on any atom is 0.146 e. The van der Waals surface area contributed by atoms with Crippen molar-refractivity contribution in [1.82, 2.24) is 19.1 Å². The van der Waals surface area contributed by atoms with Gasteiger partial charge in [-0.25, -0.2) is 9.97 Å². The molecule has 266 valence electrons. The highest BCUT2D eigenvalue weighted by atomic mass is 15.1. The Kier molecular flexibility index (Phi) is 8.63. The van der Waals surface area contributed by atoms with Crippen LogP contribution >= 0.6 is 0 Å². The first kappa shape index (κ1) is 33.8. The number of anilines is 2. The van der Waals surface area contributed by atoms with Gasteiger partial charge >= 0.3 is 0 Å². The molecule has 0 unspecified atom stereocenters. The third-order valence-corrected chi connectivity index (χ3v) is 10.6. The molecule has 0 saturated heterocycles. The van der Waals surface area contributed by atoms with Crippen LogP contribution in [0.4, 0.5) is 17.1 Å². The zero-order valence-corrected chi connectivity index (χ0v) is 31.3. The van der Waals surface area contributed by atoms with Gasteiger partial charge in [0.15, 0.2) is 0 Å². The number of para-hydroxylation sites is 8. The Balaban J connectivity index is 1.34. The van der Waals surface area contributed by atoms with Crippen LogP contribution in [-0.4, -0.2) is 32.4 Å². The molecule has 0 bridgehead atoms. The molecule has 9 rings (SSSR count). The summed E-state index contributed by atoms with van der Waals surface area (Å²) < 4.78 is 4.56. The minimum absolute atomic E-state index is 0.867. The summed E-state index contributed by atoms with van der Waals surface area (Å²) in [7, 11) is 2.10. The zero-order valence-electron chi connectivity index (χ0n) is 31.3. The van der Waals surface area contributed by atoms with Crippen molar-refractivity contribution in [3.8, 4) is 34.2 Å². The van der Waals surface area contributed by atoms with Gasteiger partial charge in [0.2, 0.25) is 0 Å². The fraction of sp³-hybridized carbons (Fsp3) is 0.0816. The lowest BCUT2D eigenvalue weighted by Crippen LogP contribution is -2.11. The van der Waals surface area contributed by atoms with Crippen LogP contribution in [-0.2, 0) is 0 Å². The first-order valence-electron chi connectivity index (χ1n) is 18.6. The molecule has 9 aromatic rings. The lowest BCUT2D eigenvalue weighted by Gasteiger charge is -2.23. The van der Waals surface area contributed by atoms with Crippen molar-refractivity contribution in [3.63, 3.8) is 0 Å². The molecular formula is C49H40N6. The number of hydrogen-bond acceptors (Lipinski definition) is 4. The van der Waals surface area contributed by atoms with Gasteiger partial charge in [0.25, 0.3) is 0 Å². The summed E-state index contributed by atoms with van der Waals surface area (Å²) in [6.45, 7) is 6.58. The summed E-state index contributed by atoms with van der Waals surface area (Å²) in [5.41, 5.74) is 15.4. The van der Waals surface area contributed by atoms with E-state index in [1.807, 2.05) is 12.3 Å². The molecule has 0 saturated carbocycles. The Bertz CT molecular complexity index is 2710. The molecular weight excluding hydrogens is 673 g/mol. The normalized spacial score (nSPS) is 11.6. The van der Waals surface area contributed by atoms with Crippen molar-refractivity contribution in [2.75, 3.05) is 11.9 Å². The van der Waals surface area contributed by atoms with Crippen molar-refractivity contribution in [2.45, 2.75) is 20.8 Å². The molecule has 0 atom stereocenters. The summed E-state index contributed by atoms with van der Waals surface area (Å²) in [5, 5.41) is 0. The Morgan fingerprint density at radius 3 is 1.45 bits per heavy atom. The predicted octanol–water partition coefficient (Wildman–Crippen LogP) is 12.1. The van der Waals surface area contributed by atoms with E-state index in [4.69, 9.17) is 15.0 Å². The van der Waals surface area contributed by atoms with Gasteiger partial charge in [-0.15, -0.1) is 0 Å². The molecule has 0 aliphatic heterocycles. The Labute approximate surface area is 321 Å². The third-order valence-electron chi connectivity index (χ3n) is 10.6. The second-order valence-electron chi connectivity index (χ2n) is 13.9. The van der Waals surface area contributed by atoms with Crippen LogP contribution in [0, 0.1) is 20.8 Å². The first-order chi connectivity index (χ1) is 27.0. The van der Waals surface area contributed by atoms with E-state index >= 15 is 0 Å². The van der Waals surface area contributed by atoms with Crippen molar-refractivity contribution in [2.24, 2.45) is 4.99 Å². The Morgan fingerprint density at radius 2 is 0.927 bits per heavy atom. The standard InChI is InChI=1S/C49H40N6/c1-33-45(48-51-40-27-15-18-30-43(40)54(48)38-23-10-6-11-24-38)34(2)47(50-32-36-20-14-17-29-42(36)53(4)37-21-8-5-9-22-37)35(3)46(33)49-52-41-28-16-19-31-44(41)55(49)39-25-12-7-13-26-39/h5-32H,1-4H3/b50-32+. The zero-order chi connectivity index (χ0) is 37.5. The van der Waals surface area contributed by atoms with Gasteiger partial charge in [0.05, 0.1) is 27.8 Å². The van der Waals surface area contributed by atoms with Gasteiger partial charge in [-0.05, 0) is 104 Å². The number of nitrogens with zero attached hydrogens (tertiary/aromatic N) is 6. The average Bonchev–Trinajstić information content (AvgIpc) is 3.80. The molecule has 6 heteroatoms. The fourth-order valence-corrected chi connectivity index (χ4v) is 7.96. The van der Waals surface area contributed by atoms with E-state index in [9.17, 15) is 0 Å². The smallest absolute Gasteiger partial charge is 0.146 e. The maximum atomic E-state index is 5.41. The van der Waals surface area contributed by atoms with Crippen LogP contribution < -0.4 is 4.90 Å². The van der Waals surface area contributed by atoms with Gasteiger partial charge in [0, 0.05) is 52.7 Å². The van der Waals surface area contributed by atoms with E-state index in [1.165, 1.54) is 0 Å². The summed E-state index contributed by atoms with van der Waals surface area (Å²) in [6.07, 6.45) is 2.01. The molecule has 2 aromatic heterocycles. The largest absolute Gasteiger partial charge is 0.344 e. The van der Waals surface area contributed by atoms with Crippen LogP contribution in [0.15, 0.2) is 169 Å². The molecule has 0 aliphatic rings. The number of hydrogen-bond donors (Lipinski definition) is 0. The number of imidazole rings is 2. The van der Waals surface area contributed by atoms with E-state index in [0.29, 0.717) is 0 Å². The lowest BCUT2D eigenvalue weighted by molar-refractivity contribution is 1.07. The highest BCUT2D eigenvalue weighted by molar-refractivity contribution is 5.96. The fourth-order valence-electron chi connectivity index (χ4n) is 7.96. The molecule has 2 heterocycles. The third kappa shape index (κ3) is 5.89. The minimum Gasteiger partial charge on any atom is -0.344 e. The van der Waals surface area contributed by atoms with Crippen LogP contribution in [0.25, 0.3) is 56.2 Å². The summed E-state index contributed by atoms with van der Waals surface area (Å²) in [6, 6.07) is 56.6. The topological polar surface area (TPSA) is 51.2 Å². The molecule has 6 nitrogen and oxygen atoms in total. The molecule has 0 N–H and O–H groups in total. The number of aromatic nitrogens is 4. The second-order valence-corrected chi connectivity index (χ2v) is 13.9. The molecule has 0 spiro atoms. The van der Waals surface area contributed by atoms with Crippen LogP contribution in [0.3, 0.4) is 0 Å². The van der Waals surface area contributed by atoms with Crippen LogP contribution in [0.5, 0.6) is 0 Å². The summed E-state index contributed by atoms with van der Waals surface area (Å²) in [5.74, 6) is 1.73. The summed E-state index contributed by atoms with van der Waals surface area (Å²) in [4.78, 5) is 18.4. The monoisotopic (exact) mass is 712 g/mol. The first-order valence-corrected chi connectivity index (χ1v) is 18.6. The van der Waals surface area contributed by atoms with Crippen molar-refractivity contribution in [1.29, 1.82) is 0 Å². The van der Waals surface area contributed by atoms with E-state index < -0.39 is 0 Å². The predicted molar refractivity (Wildman–Crippen MR) is 229 cm³/mol. The second kappa shape index (κ2) is 14.1. The van der Waals surface area contributed by atoms with E-state index in [-0.39, 0.29) is 0 Å². The van der Waals surface area contributed by atoms with Gasteiger partial charge in [-0.2, -0.15) is 0 Å². The Morgan fingerprint density at radius 1 is 0.491 bits per heavy atom. The Hall–Kier alpha value is -7.05.